The molecule has 0 unspecified atom stereocenters. The van der Waals surface area contributed by atoms with Gasteiger partial charge in [0, 0.05) is 37.4 Å². The highest BCUT2D eigenvalue weighted by Gasteiger charge is 2.35. The number of rotatable bonds is 2. The van der Waals surface area contributed by atoms with Gasteiger partial charge in [0.2, 0.25) is 5.96 Å². The zero-order chi connectivity index (χ0) is 23.4. The number of amides is 2. The first-order valence-corrected chi connectivity index (χ1v) is 10.4. The van der Waals surface area contributed by atoms with Crippen LogP contribution in [0, 0.1) is 0 Å². The Balaban J connectivity index is 2.34. The summed E-state index contributed by atoms with van der Waals surface area (Å²) in [5.41, 5.74) is 0.0153. The van der Waals surface area contributed by atoms with Gasteiger partial charge in [-0.25, -0.2) is 14.7 Å². The number of nitrogens with one attached hydrogen (secondary N) is 1. The molecular weight excluding hydrogens is 398 g/mol. The van der Waals surface area contributed by atoms with E-state index in [2.05, 4.69) is 27.2 Å². The van der Waals surface area contributed by atoms with Crippen molar-refractivity contribution < 1.29 is 19.4 Å². The molecule has 0 spiro atoms. The van der Waals surface area contributed by atoms with Crippen LogP contribution in [0.1, 0.15) is 41.5 Å². The third kappa shape index (κ3) is 7.43. The van der Waals surface area contributed by atoms with E-state index < -0.39 is 23.3 Å². The third-order valence-electron chi connectivity index (χ3n) is 4.63. The predicted molar refractivity (Wildman–Crippen MR) is 120 cm³/mol. The highest BCUT2D eigenvalue weighted by molar-refractivity contribution is 6.02. The molecule has 2 rings (SSSR count). The molecule has 1 aromatic rings. The van der Waals surface area contributed by atoms with E-state index in [1.165, 1.54) is 4.90 Å². The van der Waals surface area contributed by atoms with Crippen molar-refractivity contribution in [2.24, 2.45) is 4.99 Å². The Morgan fingerprint density at radius 1 is 1.03 bits per heavy atom. The van der Waals surface area contributed by atoms with Gasteiger partial charge >= 0.3 is 6.09 Å². The summed E-state index contributed by atoms with van der Waals surface area (Å²) in [6.07, 6.45) is -2.27. The van der Waals surface area contributed by atoms with Crippen molar-refractivity contribution in [1.29, 1.82) is 0 Å². The lowest BCUT2D eigenvalue weighted by Crippen LogP contribution is -2.58. The molecule has 1 aliphatic rings. The van der Waals surface area contributed by atoms with Gasteiger partial charge < -0.3 is 29.8 Å². The number of aliphatic imine (C=N–C) groups is 1. The minimum Gasteiger partial charge on any atom is -0.530 e. The summed E-state index contributed by atoms with van der Waals surface area (Å²) < 4.78 is 5.48. The van der Waals surface area contributed by atoms with Gasteiger partial charge in [-0.2, -0.15) is 0 Å². The van der Waals surface area contributed by atoms with Gasteiger partial charge in [-0.3, -0.25) is 0 Å². The fourth-order valence-corrected chi connectivity index (χ4v) is 3.14. The first-order valence-electron chi connectivity index (χ1n) is 10.4. The largest absolute Gasteiger partial charge is 0.530 e. The molecule has 0 radical (unpaired) electrons. The molecular formula is C22H34N5O4-. The molecule has 172 valence electrons. The number of ether oxygens (including phenoxy) is 1. The first-order chi connectivity index (χ1) is 14.3. The summed E-state index contributed by atoms with van der Waals surface area (Å²) in [6.45, 7) is 14.4. The summed E-state index contributed by atoms with van der Waals surface area (Å²) in [7, 11) is 2.10. The second kappa shape index (κ2) is 9.55. The van der Waals surface area contributed by atoms with Crippen molar-refractivity contribution in [1.82, 2.24) is 15.1 Å². The number of carboxylic acid groups (broad SMARTS) is 1. The lowest BCUT2D eigenvalue weighted by molar-refractivity contribution is -0.248. The fourth-order valence-electron chi connectivity index (χ4n) is 3.14. The number of likely N-dealkylation sites (N-methyl/N-ethyl adjacent to an activating group) is 1. The predicted octanol–water partition coefficient (Wildman–Crippen LogP) is 2.39. The number of anilines is 1. The second-order valence-corrected chi connectivity index (χ2v) is 9.64. The van der Waals surface area contributed by atoms with Gasteiger partial charge in [-0.1, -0.05) is 0 Å². The Morgan fingerprint density at radius 3 is 2.03 bits per heavy atom. The first kappa shape index (κ1) is 24.5. The Labute approximate surface area is 184 Å². The number of nitrogens with zero attached hydrogens (tertiary/aromatic N) is 4. The monoisotopic (exact) mass is 432 g/mol. The van der Waals surface area contributed by atoms with Crippen LogP contribution < -0.4 is 15.3 Å². The third-order valence-corrected chi connectivity index (χ3v) is 4.63. The van der Waals surface area contributed by atoms with E-state index in [4.69, 9.17) is 4.74 Å². The van der Waals surface area contributed by atoms with Crippen molar-refractivity contribution in [2.75, 3.05) is 38.1 Å². The molecule has 0 aromatic heterocycles. The van der Waals surface area contributed by atoms with E-state index in [0.29, 0.717) is 5.69 Å². The molecule has 1 saturated heterocycles. The van der Waals surface area contributed by atoms with E-state index in [0.717, 1.165) is 31.9 Å². The molecule has 0 saturated carbocycles. The van der Waals surface area contributed by atoms with Crippen LogP contribution in [-0.2, 0) is 4.74 Å². The Morgan fingerprint density at radius 2 is 1.58 bits per heavy atom. The number of hydrogen-bond acceptors (Lipinski definition) is 7. The minimum absolute atomic E-state index is 0.172. The smallest absolute Gasteiger partial charge is 0.417 e. The fraction of sp³-hybridized carbons (Fsp3) is 0.591. The van der Waals surface area contributed by atoms with Gasteiger partial charge in [0.1, 0.15) is 11.7 Å². The van der Waals surface area contributed by atoms with Crippen molar-refractivity contribution in [2.45, 2.75) is 52.7 Å². The molecule has 2 amide bonds. The van der Waals surface area contributed by atoms with Crippen LogP contribution in [0.4, 0.5) is 21.0 Å². The molecule has 1 heterocycles. The van der Waals surface area contributed by atoms with Gasteiger partial charge in [0.15, 0.2) is 0 Å². The number of guanidine groups is 1. The van der Waals surface area contributed by atoms with Crippen LogP contribution in [-0.4, -0.2) is 72.3 Å². The number of carbonyl (C=O) groups excluding carboxylic acids is 2. The lowest BCUT2D eigenvalue weighted by atomic mass is 10.1. The minimum atomic E-state index is -1.56. The van der Waals surface area contributed by atoms with Crippen LogP contribution in [0.3, 0.4) is 0 Å². The SMILES string of the molecule is CN1CCN(c2ccc(N=C(NC(=O)[O-])N(C(=O)OC(C)(C)C)C(C)(C)C)cc2)CC1. The van der Waals surface area contributed by atoms with Crippen LogP contribution in [0.25, 0.3) is 0 Å². The van der Waals surface area contributed by atoms with Crippen molar-refractivity contribution in [3.05, 3.63) is 24.3 Å². The van der Waals surface area contributed by atoms with E-state index in [1.54, 1.807) is 53.7 Å². The summed E-state index contributed by atoms with van der Waals surface area (Å²) in [6, 6.07) is 7.46. The molecule has 1 aliphatic heterocycles. The van der Waals surface area contributed by atoms with Crippen molar-refractivity contribution >= 4 is 29.5 Å². The standard InChI is InChI=1S/C22H35N5O4/c1-21(2,3)27(20(30)31-22(4,5)6)18(24-19(28)29)23-16-8-10-17(11-9-16)26-14-12-25(7)13-15-26/h8-11H,12-15H2,1-7H3,(H,23,24)(H,28,29)/p-1. The van der Waals surface area contributed by atoms with Gasteiger partial charge in [-0.05, 0) is 72.9 Å². The number of piperazine rings is 1. The topological polar surface area (TPSA) is 101 Å². The van der Waals surface area contributed by atoms with Crippen LogP contribution >= 0.6 is 0 Å². The van der Waals surface area contributed by atoms with E-state index in [1.807, 2.05) is 12.1 Å². The van der Waals surface area contributed by atoms with Gasteiger partial charge in [-0.15, -0.1) is 0 Å². The molecule has 1 aromatic carbocycles. The van der Waals surface area contributed by atoms with Crippen LogP contribution in [0.15, 0.2) is 29.3 Å². The molecule has 0 bridgehead atoms. The molecule has 0 aliphatic carbocycles. The highest BCUT2D eigenvalue weighted by Crippen LogP contribution is 2.24. The van der Waals surface area contributed by atoms with Crippen molar-refractivity contribution in [3.63, 3.8) is 0 Å². The zero-order valence-electron chi connectivity index (χ0n) is 19.6. The maximum Gasteiger partial charge on any atom is 0.417 e. The molecule has 9 nitrogen and oxygen atoms in total. The molecule has 31 heavy (non-hydrogen) atoms. The van der Waals surface area contributed by atoms with Gasteiger partial charge in [0.05, 0.1) is 5.69 Å². The number of benzene rings is 1. The molecule has 0 atom stereocenters. The van der Waals surface area contributed by atoms with Crippen LogP contribution in [0.2, 0.25) is 0 Å². The van der Waals surface area contributed by atoms with Gasteiger partial charge in [0.25, 0.3) is 0 Å². The molecule has 1 N–H and O–H groups in total. The summed E-state index contributed by atoms with van der Waals surface area (Å²) >= 11 is 0. The Kier molecular flexibility index (Phi) is 7.54. The number of carbonyl (C=O) groups is 2. The zero-order valence-corrected chi connectivity index (χ0v) is 19.6. The average Bonchev–Trinajstić information content (AvgIpc) is 2.60. The maximum absolute atomic E-state index is 12.9. The average molecular weight is 433 g/mol. The Hall–Kier alpha value is -2.81. The van der Waals surface area contributed by atoms with Crippen LogP contribution in [0.5, 0.6) is 0 Å². The lowest BCUT2D eigenvalue weighted by Gasteiger charge is -2.37. The molecule has 1 fully saturated rings. The summed E-state index contributed by atoms with van der Waals surface area (Å²) in [5.74, 6) is -0.172. The molecule has 9 heteroatoms. The number of hydrogen-bond donors (Lipinski definition) is 1. The quantitative estimate of drug-likeness (QED) is 0.569. The Bertz CT molecular complexity index is 801. The normalized spacial score (nSPS) is 16.1. The van der Waals surface area contributed by atoms with E-state index in [-0.39, 0.29) is 5.96 Å². The summed E-state index contributed by atoms with van der Waals surface area (Å²) in [4.78, 5) is 34.3. The van der Waals surface area contributed by atoms with Crippen molar-refractivity contribution in [3.8, 4) is 0 Å². The maximum atomic E-state index is 12.9. The van der Waals surface area contributed by atoms with E-state index in [9.17, 15) is 14.7 Å². The highest BCUT2D eigenvalue weighted by atomic mass is 16.6. The van der Waals surface area contributed by atoms with E-state index >= 15 is 0 Å². The second-order valence-electron chi connectivity index (χ2n) is 9.64. The summed E-state index contributed by atoms with van der Waals surface area (Å²) in [5, 5.41) is 13.5.